The number of hydrogen-bond donors (Lipinski definition) is 0. The second kappa shape index (κ2) is 5.54. The molecule has 1 heterocycles. The van der Waals surface area contributed by atoms with E-state index in [4.69, 9.17) is 0 Å². The van der Waals surface area contributed by atoms with Gasteiger partial charge >= 0.3 is 0 Å². The van der Waals surface area contributed by atoms with Gasteiger partial charge in [0.1, 0.15) is 0 Å². The van der Waals surface area contributed by atoms with Crippen LogP contribution in [0, 0.1) is 6.92 Å². The molecule has 0 aromatic carbocycles. The van der Waals surface area contributed by atoms with Crippen LogP contribution in [0.25, 0.3) is 0 Å². The minimum absolute atomic E-state index is 0.262. The van der Waals surface area contributed by atoms with Gasteiger partial charge in [0.25, 0.3) is 0 Å². The van der Waals surface area contributed by atoms with Crippen LogP contribution >= 0.6 is 11.3 Å². The SMILES string of the molecule is Cc1sccc1C(=O)C1(N(C)C)CCCCCC1. The molecule has 0 amide bonds. The summed E-state index contributed by atoms with van der Waals surface area (Å²) in [4.78, 5) is 16.3. The second-order valence-corrected chi connectivity index (χ2v) is 6.68. The molecule has 0 unspecified atom stereocenters. The molecular formula is C15H23NOS. The average molecular weight is 265 g/mol. The van der Waals surface area contributed by atoms with Crippen LogP contribution in [-0.4, -0.2) is 30.3 Å². The molecule has 1 saturated carbocycles. The molecule has 0 aliphatic heterocycles. The minimum atomic E-state index is -0.262. The Labute approximate surface area is 114 Å². The van der Waals surface area contributed by atoms with E-state index in [1.807, 2.05) is 11.4 Å². The van der Waals surface area contributed by atoms with Crippen molar-refractivity contribution in [1.82, 2.24) is 4.90 Å². The van der Waals surface area contributed by atoms with Gasteiger partial charge in [0.05, 0.1) is 5.54 Å². The van der Waals surface area contributed by atoms with Crippen molar-refractivity contribution in [2.75, 3.05) is 14.1 Å². The quantitative estimate of drug-likeness (QED) is 0.610. The number of Topliss-reactive ketones (excluding diaryl/α,β-unsaturated/α-hetero) is 1. The van der Waals surface area contributed by atoms with Crippen LogP contribution in [0.3, 0.4) is 0 Å². The first-order chi connectivity index (χ1) is 8.58. The fourth-order valence-corrected chi connectivity index (χ4v) is 3.76. The fourth-order valence-electron chi connectivity index (χ4n) is 3.06. The molecule has 0 bridgehead atoms. The number of carbonyl (C=O) groups is 1. The van der Waals surface area contributed by atoms with Crippen molar-refractivity contribution in [3.63, 3.8) is 0 Å². The van der Waals surface area contributed by atoms with E-state index in [2.05, 4.69) is 25.9 Å². The van der Waals surface area contributed by atoms with Gasteiger partial charge in [-0.2, -0.15) is 0 Å². The first-order valence-electron chi connectivity index (χ1n) is 6.84. The van der Waals surface area contributed by atoms with Crippen LogP contribution in [-0.2, 0) is 0 Å². The Hall–Kier alpha value is -0.670. The van der Waals surface area contributed by atoms with Crippen molar-refractivity contribution in [1.29, 1.82) is 0 Å². The Balaban J connectivity index is 2.35. The van der Waals surface area contributed by atoms with Gasteiger partial charge in [-0.25, -0.2) is 0 Å². The van der Waals surface area contributed by atoms with Crippen LogP contribution in [0.4, 0.5) is 0 Å². The molecule has 2 nitrogen and oxygen atoms in total. The van der Waals surface area contributed by atoms with E-state index >= 15 is 0 Å². The van der Waals surface area contributed by atoms with E-state index in [0.717, 1.165) is 23.3 Å². The zero-order valence-corrected chi connectivity index (χ0v) is 12.5. The first kappa shape index (κ1) is 13.8. The van der Waals surface area contributed by atoms with Crippen molar-refractivity contribution >= 4 is 17.1 Å². The zero-order chi connectivity index (χ0) is 13.2. The van der Waals surface area contributed by atoms with E-state index in [9.17, 15) is 4.79 Å². The number of aryl methyl sites for hydroxylation is 1. The molecule has 1 aromatic rings. The molecule has 1 fully saturated rings. The lowest BCUT2D eigenvalue weighted by atomic mass is 9.81. The van der Waals surface area contributed by atoms with E-state index in [1.165, 1.54) is 25.7 Å². The molecule has 0 radical (unpaired) electrons. The Kier molecular flexibility index (Phi) is 4.23. The van der Waals surface area contributed by atoms with E-state index in [1.54, 1.807) is 11.3 Å². The number of thiophene rings is 1. The van der Waals surface area contributed by atoms with Crippen molar-refractivity contribution in [3.8, 4) is 0 Å². The Bertz CT molecular complexity index is 414. The lowest BCUT2D eigenvalue weighted by Gasteiger charge is -2.38. The van der Waals surface area contributed by atoms with Crippen molar-refractivity contribution in [2.24, 2.45) is 0 Å². The average Bonchev–Trinajstić information content (AvgIpc) is 2.63. The summed E-state index contributed by atoms with van der Waals surface area (Å²) in [6.45, 7) is 2.05. The monoisotopic (exact) mass is 265 g/mol. The van der Waals surface area contributed by atoms with Crippen LogP contribution in [0.2, 0.25) is 0 Å². The topological polar surface area (TPSA) is 20.3 Å². The van der Waals surface area contributed by atoms with Gasteiger partial charge in [0.15, 0.2) is 5.78 Å². The molecule has 100 valence electrons. The Morgan fingerprint density at radius 2 is 1.83 bits per heavy atom. The standard InChI is InChI=1S/C15H23NOS/c1-12-13(8-11-18-12)14(17)15(16(2)3)9-6-4-5-7-10-15/h8,11H,4-7,9-10H2,1-3H3. The summed E-state index contributed by atoms with van der Waals surface area (Å²) in [6.07, 6.45) is 6.90. The summed E-state index contributed by atoms with van der Waals surface area (Å²) in [5, 5.41) is 2.03. The molecule has 2 rings (SSSR count). The van der Waals surface area contributed by atoms with E-state index in [0.29, 0.717) is 5.78 Å². The molecule has 1 aliphatic carbocycles. The highest BCUT2D eigenvalue weighted by Gasteiger charge is 2.41. The van der Waals surface area contributed by atoms with E-state index in [-0.39, 0.29) is 5.54 Å². The Morgan fingerprint density at radius 1 is 1.22 bits per heavy atom. The highest BCUT2D eigenvalue weighted by molar-refractivity contribution is 7.10. The number of likely N-dealkylation sites (N-methyl/N-ethyl adjacent to an activating group) is 1. The number of carbonyl (C=O) groups excluding carboxylic acids is 1. The molecule has 18 heavy (non-hydrogen) atoms. The third-order valence-electron chi connectivity index (χ3n) is 4.31. The predicted octanol–water partition coefficient (Wildman–Crippen LogP) is 3.89. The molecule has 3 heteroatoms. The maximum absolute atomic E-state index is 13.0. The smallest absolute Gasteiger partial charge is 0.184 e. The molecule has 0 N–H and O–H groups in total. The summed E-state index contributed by atoms with van der Waals surface area (Å²) in [6, 6.07) is 2.00. The normalized spacial score (nSPS) is 19.8. The van der Waals surface area contributed by atoms with Gasteiger partial charge in [0, 0.05) is 10.4 Å². The van der Waals surface area contributed by atoms with Crippen molar-refractivity contribution in [2.45, 2.75) is 51.0 Å². The molecule has 0 atom stereocenters. The van der Waals surface area contributed by atoms with Crippen LogP contribution < -0.4 is 0 Å². The summed E-state index contributed by atoms with van der Waals surface area (Å²) in [5.41, 5.74) is 0.679. The van der Waals surface area contributed by atoms with Crippen LogP contribution in [0.1, 0.15) is 53.8 Å². The fraction of sp³-hybridized carbons (Fsp3) is 0.667. The molecular weight excluding hydrogens is 242 g/mol. The largest absolute Gasteiger partial charge is 0.297 e. The third-order valence-corrected chi connectivity index (χ3v) is 5.16. The number of nitrogens with zero attached hydrogens (tertiary/aromatic N) is 1. The van der Waals surface area contributed by atoms with Crippen LogP contribution in [0.15, 0.2) is 11.4 Å². The second-order valence-electron chi connectivity index (χ2n) is 5.56. The van der Waals surface area contributed by atoms with Crippen molar-refractivity contribution in [3.05, 3.63) is 21.9 Å². The zero-order valence-electron chi connectivity index (χ0n) is 11.7. The van der Waals surface area contributed by atoms with E-state index < -0.39 is 0 Å². The predicted molar refractivity (Wildman–Crippen MR) is 77.5 cm³/mol. The van der Waals surface area contributed by atoms with Gasteiger partial charge in [-0.3, -0.25) is 9.69 Å². The molecule has 1 aliphatic rings. The number of hydrogen-bond acceptors (Lipinski definition) is 3. The summed E-state index contributed by atoms with van der Waals surface area (Å²) in [5.74, 6) is 0.341. The maximum Gasteiger partial charge on any atom is 0.184 e. The summed E-state index contributed by atoms with van der Waals surface area (Å²) >= 11 is 1.67. The van der Waals surface area contributed by atoms with Gasteiger partial charge in [-0.1, -0.05) is 25.7 Å². The minimum Gasteiger partial charge on any atom is -0.297 e. The van der Waals surface area contributed by atoms with Gasteiger partial charge < -0.3 is 0 Å². The lowest BCUT2D eigenvalue weighted by molar-refractivity contribution is 0.0635. The maximum atomic E-state index is 13.0. The third kappa shape index (κ3) is 2.39. The highest BCUT2D eigenvalue weighted by atomic mass is 32.1. The summed E-state index contributed by atoms with van der Waals surface area (Å²) in [7, 11) is 4.12. The van der Waals surface area contributed by atoms with Gasteiger partial charge in [-0.05, 0) is 45.3 Å². The molecule has 0 saturated heterocycles. The first-order valence-corrected chi connectivity index (χ1v) is 7.72. The van der Waals surface area contributed by atoms with Crippen molar-refractivity contribution < 1.29 is 4.79 Å². The van der Waals surface area contributed by atoms with Gasteiger partial charge in [0.2, 0.25) is 0 Å². The lowest BCUT2D eigenvalue weighted by Crippen LogP contribution is -2.50. The number of rotatable bonds is 3. The number of ketones is 1. The highest BCUT2D eigenvalue weighted by Crippen LogP contribution is 2.35. The molecule has 0 spiro atoms. The molecule has 1 aromatic heterocycles. The van der Waals surface area contributed by atoms with Crippen LogP contribution in [0.5, 0.6) is 0 Å². The van der Waals surface area contributed by atoms with Gasteiger partial charge in [-0.15, -0.1) is 11.3 Å². The summed E-state index contributed by atoms with van der Waals surface area (Å²) < 4.78 is 0. The Morgan fingerprint density at radius 3 is 2.28 bits per heavy atom.